The minimum Gasteiger partial charge on any atom is -0.465 e. The van der Waals surface area contributed by atoms with Crippen LogP contribution in [-0.2, 0) is 23.8 Å². The van der Waals surface area contributed by atoms with Gasteiger partial charge in [0, 0.05) is 3.57 Å². The molecule has 0 aliphatic rings. The fourth-order valence-corrected chi connectivity index (χ4v) is 2.63. The second-order valence-electron chi connectivity index (χ2n) is 7.72. The van der Waals surface area contributed by atoms with Crippen LogP contribution in [0.3, 0.4) is 0 Å². The molecule has 0 saturated heterocycles. The van der Waals surface area contributed by atoms with Gasteiger partial charge in [-0.1, -0.05) is 6.07 Å². The van der Waals surface area contributed by atoms with Crippen LogP contribution in [0.15, 0.2) is 18.2 Å². The van der Waals surface area contributed by atoms with E-state index < -0.39 is 35.0 Å². The predicted molar refractivity (Wildman–Crippen MR) is 105 cm³/mol. The van der Waals surface area contributed by atoms with Gasteiger partial charge >= 0.3 is 17.9 Å². The largest absolute Gasteiger partial charge is 0.465 e. The summed E-state index contributed by atoms with van der Waals surface area (Å²) >= 11 is 2.03. The normalized spacial score (nSPS) is 11.9. The second-order valence-corrected chi connectivity index (χ2v) is 8.97. The third kappa shape index (κ3) is 6.59. The van der Waals surface area contributed by atoms with E-state index >= 15 is 0 Å². The summed E-state index contributed by atoms with van der Waals surface area (Å²) in [5.74, 6) is -3.59. The molecule has 0 bridgehead atoms. The van der Waals surface area contributed by atoms with E-state index in [1.165, 1.54) is 7.11 Å². The summed E-state index contributed by atoms with van der Waals surface area (Å²) in [5.41, 5.74) is -1.28. The van der Waals surface area contributed by atoms with Crippen LogP contribution in [0.25, 0.3) is 0 Å². The molecule has 0 aromatic heterocycles. The molecule has 0 amide bonds. The second kappa shape index (κ2) is 8.37. The monoisotopic (exact) mass is 476 g/mol. The standard InChI is InChI=1S/C19H25IO6/c1-18(2,3)25-16(22)14(17(23)26-19(4,5)6)12-9-8-11(20)10-13(12)15(21)24-7/h8-10,14H,1-7H3. The molecule has 26 heavy (non-hydrogen) atoms. The van der Waals surface area contributed by atoms with E-state index in [4.69, 9.17) is 14.2 Å². The fourth-order valence-electron chi connectivity index (χ4n) is 2.14. The Kier molecular flexibility index (Phi) is 7.21. The van der Waals surface area contributed by atoms with Gasteiger partial charge in [-0.15, -0.1) is 0 Å². The smallest absolute Gasteiger partial charge is 0.338 e. The molecule has 0 saturated carbocycles. The summed E-state index contributed by atoms with van der Waals surface area (Å²) in [4.78, 5) is 37.7. The van der Waals surface area contributed by atoms with Gasteiger partial charge in [-0.25, -0.2) is 4.79 Å². The highest BCUT2D eigenvalue weighted by Crippen LogP contribution is 2.29. The summed E-state index contributed by atoms with van der Waals surface area (Å²) in [7, 11) is 1.24. The number of carbonyl (C=O) groups excluding carboxylic acids is 3. The zero-order chi connectivity index (χ0) is 20.3. The maximum absolute atomic E-state index is 12.8. The van der Waals surface area contributed by atoms with E-state index in [0.29, 0.717) is 0 Å². The molecule has 0 radical (unpaired) electrons. The summed E-state index contributed by atoms with van der Waals surface area (Å²) in [5, 5.41) is 0. The van der Waals surface area contributed by atoms with E-state index in [1.807, 2.05) is 22.6 Å². The molecular formula is C19H25IO6. The molecular weight excluding hydrogens is 451 g/mol. The first-order valence-electron chi connectivity index (χ1n) is 8.08. The summed E-state index contributed by atoms with van der Waals surface area (Å²) < 4.78 is 16.3. The van der Waals surface area contributed by atoms with Crippen molar-refractivity contribution >= 4 is 40.5 Å². The van der Waals surface area contributed by atoms with Crippen molar-refractivity contribution in [2.45, 2.75) is 58.7 Å². The molecule has 0 aliphatic heterocycles. The number of esters is 3. The molecule has 0 unspecified atom stereocenters. The highest BCUT2D eigenvalue weighted by molar-refractivity contribution is 14.1. The van der Waals surface area contributed by atoms with E-state index in [0.717, 1.165) is 3.57 Å². The lowest BCUT2D eigenvalue weighted by Gasteiger charge is -2.27. The molecule has 0 fully saturated rings. The zero-order valence-electron chi connectivity index (χ0n) is 16.1. The summed E-state index contributed by atoms with van der Waals surface area (Å²) in [6, 6.07) is 4.81. The Morgan fingerprint density at radius 2 is 1.38 bits per heavy atom. The first-order valence-corrected chi connectivity index (χ1v) is 9.16. The van der Waals surface area contributed by atoms with E-state index in [2.05, 4.69) is 0 Å². The zero-order valence-corrected chi connectivity index (χ0v) is 18.3. The predicted octanol–water partition coefficient (Wildman–Crippen LogP) is 3.84. The third-order valence-corrected chi connectivity index (χ3v) is 3.69. The highest BCUT2D eigenvalue weighted by Gasteiger charge is 2.38. The van der Waals surface area contributed by atoms with Crippen molar-refractivity contribution in [2.24, 2.45) is 0 Å². The first-order chi connectivity index (χ1) is 11.7. The molecule has 1 rings (SSSR count). The summed E-state index contributed by atoms with van der Waals surface area (Å²) in [6.45, 7) is 10.2. The fraction of sp³-hybridized carbons (Fsp3) is 0.526. The Hall–Kier alpha value is -1.64. The van der Waals surface area contributed by atoms with Crippen molar-refractivity contribution in [1.29, 1.82) is 0 Å². The van der Waals surface area contributed by atoms with Crippen LogP contribution in [0.4, 0.5) is 0 Å². The van der Waals surface area contributed by atoms with E-state index in [9.17, 15) is 14.4 Å². The molecule has 0 aliphatic carbocycles. The number of ether oxygens (including phenoxy) is 3. The highest BCUT2D eigenvalue weighted by atomic mass is 127. The molecule has 0 N–H and O–H groups in total. The van der Waals surface area contributed by atoms with Gasteiger partial charge in [0.25, 0.3) is 0 Å². The van der Waals surface area contributed by atoms with Crippen molar-refractivity contribution in [1.82, 2.24) is 0 Å². The quantitative estimate of drug-likeness (QED) is 0.285. The number of benzene rings is 1. The topological polar surface area (TPSA) is 78.9 Å². The number of halogens is 1. The van der Waals surface area contributed by atoms with Crippen LogP contribution in [0.2, 0.25) is 0 Å². The Morgan fingerprint density at radius 3 is 1.77 bits per heavy atom. The van der Waals surface area contributed by atoms with Gasteiger partial charge in [-0.2, -0.15) is 0 Å². The van der Waals surface area contributed by atoms with Crippen LogP contribution in [0.5, 0.6) is 0 Å². The van der Waals surface area contributed by atoms with Gasteiger partial charge in [0.1, 0.15) is 11.2 Å². The van der Waals surface area contributed by atoms with E-state index in [-0.39, 0.29) is 11.1 Å². The Labute approximate surface area is 167 Å². The number of methoxy groups -OCH3 is 1. The average molecular weight is 476 g/mol. The van der Waals surface area contributed by atoms with Gasteiger partial charge in [0.15, 0.2) is 5.92 Å². The molecule has 6 nitrogen and oxygen atoms in total. The number of carbonyl (C=O) groups is 3. The number of hydrogen-bond donors (Lipinski definition) is 0. The van der Waals surface area contributed by atoms with Crippen LogP contribution < -0.4 is 0 Å². The van der Waals surface area contributed by atoms with Gasteiger partial charge < -0.3 is 14.2 Å². The lowest BCUT2D eigenvalue weighted by atomic mass is 9.93. The Balaban J connectivity index is 3.48. The van der Waals surface area contributed by atoms with Crippen LogP contribution in [0, 0.1) is 3.57 Å². The van der Waals surface area contributed by atoms with Gasteiger partial charge in [-0.05, 0) is 81.8 Å². The molecule has 1 aromatic rings. The van der Waals surface area contributed by atoms with Crippen molar-refractivity contribution in [3.63, 3.8) is 0 Å². The van der Waals surface area contributed by atoms with Crippen LogP contribution in [-0.4, -0.2) is 36.2 Å². The van der Waals surface area contributed by atoms with Crippen LogP contribution in [0.1, 0.15) is 63.4 Å². The minimum absolute atomic E-state index is 0.126. The molecule has 0 atom stereocenters. The van der Waals surface area contributed by atoms with Gasteiger partial charge in [-0.3, -0.25) is 9.59 Å². The van der Waals surface area contributed by atoms with Gasteiger partial charge in [0.2, 0.25) is 0 Å². The first kappa shape index (κ1) is 22.4. The molecule has 0 spiro atoms. The number of rotatable bonds is 4. The van der Waals surface area contributed by atoms with Crippen molar-refractivity contribution in [2.75, 3.05) is 7.11 Å². The number of hydrogen-bond acceptors (Lipinski definition) is 6. The Bertz CT molecular complexity index is 669. The summed E-state index contributed by atoms with van der Waals surface area (Å²) in [6.07, 6.45) is 0. The minimum atomic E-state index is -1.39. The SMILES string of the molecule is COC(=O)c1cc(I)ccc1C(C(=O)OC(C)(C)C)C(=O)OC(C)(C)C. The van der Waals surface area contributed by atoms with E-state index in [1.54, 1.807) is 59.7 Å². The molecule has 144 valence electrons. The third-order valence-electron chi connectivity index (χ3n) is 3.02. The lowest BCUT2D eigenvalue weighted by molar-refractivity contribution is -0.169. The van der Waals surface area contributed by atoms with Crippen molar-refractivity contribution < 1.29 is 28.6 Å². The molecule has 0 heterocycles. The molecule has 7 heteroatoms. The maximum Gasteiger partial charge on any atom is 0.338 e. The van der Waals surface area contributed by atoms with Gasteiger partial charge in [0.05, 0.1) is 12.7 Å². The molecule has 1 aromatic carbocycles. The van der Waals surface area contributed by atoms with Crippen molar-refractivity contribution in [3.05, 3.63) is 32.9 Å². The lowest BCUT2D eigenvalue weighted by Crippen LogP contribution is -2.36. The Morgan fingerprint density at radius 1 is 0.923 bits per heavy atom. The maximum atomic E-state index is 12.8. The average Bonchev–Trinajstić information content (AvgIpc) is 2.44. The van der Waals surface area contributed by atoms with Crippen molar-refractivity contribution in [3.8, 4) is 0 Å². The van der Waals surface area contributed by atoms with Crippen LogP contribution >= 0.6 is 22.6 Å².